The Morgan fingerprint density at radius 3 is 2.87 bits per heavy atom. The molecule has 0 aromatic heterocycles. The van der Waals surface area contributed by atoms with Gasteiger partial charge in [-0.2, -0.15) is 0 Å². The minimum Gasteiger partial charge on any atom is -0.356 e. The molecule has 1 aliphatic rings. The van der Waals surface area contributed by atoms with Gasteiger partial charge in [-0.05, 0) is 24.1 Å². The van der Waals surface area contributed by atoms with Gasteiger partial charge in [0, 0.05) is 19.5 Å². The van der Waals surface area contributed by atoms with Gasteiger partial charge in [0.05, 0.1) is 10.9 Å². The molecule has 4 heteroatoms. The molecule has 0 aliphatic carbocycles. The van der Waals surface area contributed by atoms with Crippen molar-refractivity contribution in [1.82, 2.24) is 4.90 Å². The van der Waals surface area contributed by atoms with Gasteiger partial charge in [0.2, 0.25) is 0 Å². The van der Waals surface area contributed by atoms with E-state index in [9.17, 15) is 4.39 Å². The van der Waals surface area contributed by atoms with Crippen molar-refractivity contribution in [2.45, 2.75) is 19.4 Å². The van der Waals surface area contributed by atoms with Gasteiger partial charge in [-0.1, -0.05) is 17.7 Å². The highest BCUT2D eigenvalue weighted by Gasteiger charge is 2.16. The SMILES string of the molecule is N=C1CCCN1Cc1ccc(F)c(Cl)c1. The number of halogens is 2. The van der Waals surface area contributed by atoms with E-state index in [2.05, 4.69) is 0 Å². The Kier molecular flexibility index (Phi) is 2.91. The molecule has 1 N–H and O–H groups in total. The summed E-state index contributed by atoms with van der Waals surface area (Å²) in [6.07, 6.45) is 1.88. The molecule has 2 rings (SSSR count). The largest absolute Gasteiger partial charge is 0.356 e. The standard InChI is InChI=1S/C11H12ClFN2/c12-9-6-8(3-4-10(9)13)7-15-5-1-2-11(15)14/h3-4,6,14H,1-2,5,7H2. The van der Waals surface area contributed by atoms with Gasteiger partial charge in [-0.25, -0.2) is 4.39 Å². The lowest BCUT2D eigenvalue weighted by Crippen LogP contribution is -2.23. The van der Waals surface area contributed by atoms with E-state index in [1.54, 1.807) is 12.1 Å². The number of amidine groups is 1. The van der Waals surface area contributed by atoms with Crippen LogP contribution < -0.4 is 0 Å². The number of likely N-dealkylation sites (tertiary alicyclic amines) is 1. The lowest BCUT2D eigenvalue weighted by atomic mass is 10.2. The monoisotopic (exact) mass is 226 g/mol. The second-order valence-corrected chi connectivity index (χ2v) is 4.13. The molecule has 2 nitrogen and oxygen atoms in total. The smallest absolute Gasteiger partial charge is 0.141 e. The molecule has 1 aromatic rings. The van der Waals surface area contributed by atoms with E-state index in [1.165, 1.54) is 6.07 Å². The van der Waals surface area contributed by atoms with Gasteiger partial charge in [-0.15, -0.1) is 0 Å². The van der Waals surface area contributed by atoms with Crippen LogP contribution in [0.1, 0.15) is 18.4 Å². The number of hydrogen-bond acceptors (Lipinski definition) is 1. The van der Waals surface area contributed by atoms with Crippen LogP contribution in [0, 0.1) is 11.2 Å². The molecule has 1 fully saturated rings. The number of benzene rings is 1. The van der Waals surface area contributed by atoms with Crippen LogP contribution in [0.3, 0.4) is 0 Å². The van der Waals surface area contributed by atoms with Crippen LogP contribution >= 0.6 is 11.6 Å². The highest BCUT2D eigenvalue weighted by Crippen LogP contribution is 2.19. The Morgan fingerprint density at radius 2 is 2.27 bits per heavy atom. The summed E-state index contributed by atoms with van der Waals surface area (Å²) in [5, 5.41) is 7.82. The highest BCUT2D eigenvalue weighted by atomic mass is 35.5. The van der Waals surface area contributed by atoms with Crippen molar-refractivity contribution in [3.63, 3.8) is 0 Å². The lowest BCUT2D eigenvalue weighted by molar-refractivity contribution is 0.445. The van der Waals surface area contributed by atoms with Crippen LogP contribution in [0.15, 0.2) is 18.2 Å². The van der Waals surface area contributed by atoms with E-state index in [4.69, 9.17) is 17.0 Å². The van der Waals surface area contributed by atoms with Crippen LogP contribution in [0.5, 0.6) is 0 Å². The third kappa shape index (κ3) is 2.29. The Balaban J connectivity index is 2.10. The minimum atomic E-state index is -0.392. The minimum absolute atomic E-state index is 0.151. The molecular weight excluding hydrogens is 215 g/mol. The first-order valence-electron chi connectivity index (χ1n) is 4.93. The third-order valence-electron chi connectivity index (χ3n) is 2.58. The zero-order valence-electron chi connectivity index (χ0n) is 8.26. The summed E-state index contributed by atoms with van der Waals surface area (Å²) in [5.41, 5.74) is 0.952. The van der Waals surface area contributed by atoms with E-state index < -0.39 is 5.82 Å². The summed E-state index contributed by atoms with van der Waals surface area (Å²) in [6, 6.07) is 4.71. The number of hydrogen-bond donors (Lipinski definition) is 1. The van der Waals surface area contributed by atoms with Gasteiger partial charge in [0.25, 0.3) is 0 Å². The zero-order chi connectivity index (χ0) is 10.8. The van der Waals surface area contributed by atoms with Crippen LogP contribution in [0.4, 0.5) is 4.39 Å². The predicted octanol–water partition coefficient (Wildman–Crippen LogP) is 3.05. The summed E-state index contributed by atoms with van der Waals surface area (Å²) < 4.78 is 12.9. The molecule has 15 heavy (non-hydrogen) atoms. The van der Waals surface area contributed by atoms with E-state index in [1.807, 2.05) is 4.90 Å². The first-order valence-corrected chi connectivity index (χ1v) is 5.31. The normalized spacial score (nSPS) is 16.1. The van der Waals surface area contributed by atoms with Crippen LogP contribution in [0.2, 0.25) is 5.02 Å². The van der Waals surface area contributed by atoms with Gasteiger partial charge in [0.1, 0.15) is 5.82 Å². The maximum atomic E-state index is 12.9. The average molecular weight is 227 g/mol. The Bertz CT molecular complexity index is 392. The fourth-order valence-electron chi connectivity index (χ4n) is 1.76. The van der Waals surface area contributed by atoms with Crippen molar-refractivity contribution in [3.05, 3.63) is 34.6 Å². The van der Waals surface area contributed by atoms with Crippen molar-refractivity contribution in [2.24, 2.45) is 0 Å². The maximum Gasteiger partial charge on any atom is 0.141 e. The summed E-state index contributed by atoms with van der Waals surface area (Å²) in [7, 11) is 0. The summed E-state index contributed by atoms with van der Waals surface area (Å²) in [4.78, 5) is 1.99. The molecular formula is C11H12ClFN2. The molecule has 1 aliphatic heterocycles. The summed E-state index contributed by atoms with van der Waals surface area (Å²) in [5.74, 6) is 0.271. The summed E-state index contributed by atoms with van der Waals surface area (Å²) >= 11 is 5.69. The van der Waals surface area contributed by atoms with Crippen LogP contribution in [-0.2, 0) is 6.54 Å². The average Bonchev–Trinajstić information content (AvgIpc) is 2.59. The van der Waals surface area contributed by atoms with Crippen molar-refractivity contribution >= 4 is 17.4 Å². The Hall–Kier alpha value is -1.09. The third-order valence-corrected chi connectivity index (χ3v) is 2.87. The van der Waals surface area contributed by atoms with Crippen LogP contribution in [0.25, 0.3) is 0 Å². The molecule has 0 unspecified atom stereocenters. The van der Waals surface area contributed by atoms with E-state index in [0.717, 1.165) is 24.9 Å². The van der Waals surface area contributed by atoms with Crippen molar-refractivity contribution < 1.29 is 4.39 Å². The number of nitrogens with zero attached hydrogens (tertiary/aromatic N) is 1. The Labute approximate surface area is 93.2 Å². The molecule has 0 spiro atoms. The van der Waals surface area contributed by atoms with Gasteiger partial charge in [-0.3, -0.25) is 5.41 Å². The van der Waals surface area contributed by atoms with Crippen LogP contribution in [-0.4, -0.2) is 17.3 Å². The van der Waals surface area contributed by atoms with Gasteiger partial charge >= 0.3 is 0 Å². The van der Waals surface area contributed by atoms with Crippen molar-refractivity contribution in [1.29, 1.82) is 5.41 Å². The molecule has 1 aromatic carbocycles. The van der Waals surface area contributed by atoms with E-state index in [0.29, 0.717) is 12.4 Å². The van der Waals surface area contributed by atoms with E-state index >= 15 is 0 Å². The topological polar surface area (TPSA) is 27.1 Å². The van der Waals surface area contributed by atoms with E-state index in [-0.39, 0.29) is 5.02 Å². The molecule has 80 valence electrons. The van der Waals surface area contributed by atoms with Crippen molar-refractivity contribution in [3.8, 4) is 0 Å². The second kappa shape index (κ2) is 4.19. The molecule has 0 saturated carbocycles. The number of rotatable bonds is 2. The maximum absolute atomic E-state index is 12.9. The highest BCUT2D eigenvalue weighted by molar-refractivity contribution is 6.30. The van der Waals surface area contributed by atoms with Crippen molar-refractivity contribution in [2.75, 3.05) is 6.54 Å². The first kappa shape index (κ1) is 10.4. The lowest BCUT2D eigenvalue weighted by Gasteiger charge is -2.17. The Morgan fingerprint density at radius 1 is 1.47 bits per heavy atom. The fourth-order valence-corrected chi connectivity index (χ4v) is 1.97. The molecule has 1 heterocycles. The summed E-state index contributed by atoms with van der Waals surface area (Å²) in [6.45, 7) is 1.56. The molecule has 0 atom stereocenters. The molecule has 0 bridgehead atoms. The fraction of sp³-hybridized carbons (Fsp3) is 0.364. The predicted molar refractivity (Wildman–Crippen MR) is 58.8 cm³/mol. The van der Waals surface area contributed by atoms with Gasteiger partial charge < -0.3 is 4.90 Å². The molecule has 1 saturated heterocycles. The number of nitrogens with one attached hydrogen (secondary N) is 1. The zero-order valence-corrected chi connectivity index (χ0v) is 9.02. The van der Waals surface area contributed by atoms with Gasteiger partial charge in [0.15, 0.2) is 0 Å². The molecule has 0 radical (unpaired) electrons. The molecule has 0 amide bonds. The second-order valence-electron chi connectivity index (χ2n) is 3.72. The quantitative estimate of drug-likeness (QED) is 0.825. The first-order chi connectivity index (χ1) is 7.16.